The first-order valence-electron chi connectivity index (χ1n) is 13.2. The lowest BCUT2D eigenvalue weighted by Crippen LogP contribution is -2.30. The molecule has 0 spiro atoms. The largest absolute Gasteiger partial charge is 0.492 e. The van der Waals surface area contributed by atoms with Crippen molar-refractivity contribution in [3.63, 3.8) is 0 Å². The van der Waals surface area contributed by atoms with Crippen LogP contribution in [-0.2, 0) is 11.3 Å². The number of hydrogen-bond donors (Lipinski definition) is 0. The number of aromatic nitrogens is 1. The molecule has 2 heterocycles. The molecule has 1 saturated heterocycles. The average molecular weight is 535 g/mol. The van der Waals surface area contributed by atoms with Crippen molar-refractivity contribution < 1.29 is 14.3 Å². The van der Waals surface area contributed by atoms with Crippen LogP contribution in [0, 0.1) is 5.92 Å². The molecular weight excluding hydrogens is 500 g/mol. The van der Waals surface area contributed by atoms with Gasteiger partial charge >= 0.3 is 0 Å². The molecule has 194 valence electrons. The van der Waals surface area contributed by atoms with Crippen LogP contribution in [0.1, 0.15) is 51.5 Å². The van der Waals surface area contributed by atoms with E-state index in [-0.39, 0.29) is 12.0 Å². The topological polar surface area (TPSA) is 43.7 Å². The van der Waals surface area contributed by atoms with Gasteiger partial charge in [-0.15, -0.1) is 0 Å². The summed E-state index contributed by atoms with van der Waals surface area (Å²) < 4.78 is 14.6. The van der Waals surface area contributed by atoms with E-state index in [0.29, 0.717) is 22.4 Å². The second-order valence-corrected chi connectivity index (χ2v) is 11.7. The summed E-state index contributed by atoms with van der Waals surface area (Å²) in [6.45, 7) is 5.99. The summed E-state index contributed by atoms with van der Waals surface area (Å²) in [6, 6.07) is 16.0. The smallest absolute Gasteiger partial charge is 0.266 e. The van der Waals surface area contributed by atoms with E-state index in [1.54, 1.807) is 4.90 Å². The molecule has 37 heavy (non-hydrogen) atoms. The van der Waals surface area contributed by atoms with Crippen molar-refractivity contribution in [2.24, 2.45) is 5.92 Å². The quantitative estimate of drug-likeness (QED) is 0.202. The standard InChI is InChI=1S/C30H34N2O3S2/c1-21(2)35-25-13-11-24(12-14-25)34-18-17-31-20-23(26-9-5-6-10-27(26)31)19-28-29(33)32(30(36)37-28)16-15-22-7-3-4-8-22/h5-6,9-14,19-22H,3-4,7-8,15-18H2,1-2H3/b28-19-. The SMILES string of the molecule is CC(C)Oc1ccc(OCCn2cc(/C=C3\SC(=S)N(CCC4CCCC4)C3=O)c3ccccc32)cc1. The molecule has 3 aromatic rings. The number of rotatable bonds is 10. The van der Waals surface area contributed by atoms with E-state index in [0.717, 1.165) is 46.8 Å². The fourth-order valence-corrected chi connectivity index (χ4v) is 6.47. The number of fused-ring (bicyclic) bond motifs is 1. The van der Waals surface area contributed by atoms with Crippen LogP contribution in [0.15, 0.2) is 59.6 Å². The summed E-state index contributed by atoms with van der Waals surface area (Å²) in [4.78, 5) is 15.7. The first-order chi connectivity index (χ1) is 18.0. The van der Waals surface area contributed by atoms with E-state index in [1.165, 1.54) is 37.4 Å². The van der Waals surface area contributed by atoms with Crippen LogP contribution in [0.3, 0.4) is 0 Å². The molecule has 0 radical (unpaired) electrons. The molecule has 0 bridgehead atoms. The Bertz CT molecular complexity index is 1290. The zero-order chi connectivity index (χ0) is 25.8. The fourth-order valence-electron chi connectivity index (χ4n) is 5.17. The zero-order valence-corrected chi connectivity index (χ0v) is 23.2. The molecule has 1 aliphatic carbocycles. The summed E-state index contributed by atoms with van der Waals surface area (Å²) in [5.41, 5.74) is 2.15. The Hall–Kier alpha value is -2.77. The van der Waals surface area contributed by atoms with E-state index < -0.39 is 0 Å². The van der Waals surface area contributed by atoms with Crippen LogP contribution < -0.4 is 9.47 Å². The third-order valence-corrected chi connectivity index (χ3v) is 8.39. The Morgan fingerprint density at radius 2 is 1.78 bits per heavy atom. The van der Waals surface area contributed by atoms with Crippen molar-refractivity contribution in [2.75, 3.05) is 13.2 Å². The molecule has 2 aliphatic rings. The van der Waals surface area contributed by atoms with Crippen molar-refractivity contribution in [1.82, 2.24) is 9.47 Å². The maximum absolute atomic E-state index is 13.2. The van der Waals surface area contributed by atoms with Gasteiger partial charge < -0.3 is 14.0 Å². The fraction of sp³-hybridized carbons (Fsp3) is 0.400. The van der Waals surface area contributed by atoms with Gasteiger partial charge in [-0.25, -0.2) is 0 Å². The summed E-state index contributed by atoms with van der Waals surface area (Å²) in [5.74, 6) is 2.43. The first kappa shape index (κ1) is 25.9. The molecule has 1 aliphatic heterocycles. The molecule has 0 unspecified atom stereocenters. The number of amides is 1. The minimum atomic E-state index is 0.0399. The number of thiocarbonyl (C=S) groups is 1. The van der Waals surface area contributed by atoms with Gasteiger partial charge in [-0.05, 0) is 62.6 Å². The normalized spacial score (nSPS) is 17.6. The lowest BCUT2D eigenvalue weighted by molar-refractivity contribution is -0.122. The molecular formula is C30H34N2O3S2. The number of hydrogen-bond acceptors (Lipinski definition) is 5. The molecule has 0 atom stereocenters. The molecule has 2 aromatic carbocycles. The number of para-hydroxylation sites is 1. The van der Waals surface area contributed by atoms with E-state index in [1.807, 2.05) is 56.3 Å². The van der Waals surface area contributed by atoms with Crippen LogP contribution in [0.4, 0.5) is 0 Å². The summed E-state index contributed by atoms with van der Waals surface area (Å²) in [5, 5.41) is 1.12. The number of carbonyl (C=O) groups excluding carboxylic acids is 1. The maximum atomic E-state index is 13.2. The van der Waals surface area contributed by atoms with Gasteiger partial charge in [0.05, 0.1) is 17.6 Å². The molecule has 7 heteroatoms. The highest BCUT2D eigenvalue weighted by Gasteiger charge is 2.32. The number of benzene rings is 2. The van der Waals surface area contributed by atoms with Crippen LogP contribution in [0.25, 0.3) is 17.0 Å². The lowest BCUT2D eigenvalue weighted by atomic mass is 10.0. The molecule has 1 saturated carbocycles. The second kappa shape index (κ2) is 11.7. The Morgan fingerprint density at radius 3 is 2.54 bits per heavy atom. The van der Waals surface area contributed by atoms with Crippen LogP contribution in [-0.4, -0.2) is 39.0 Å². The van der Waals surface area contributed by atoms with E-state index in [4.69, 9.17) is 21.7 Å². The van der Waals surface area contributed by atoms with Crippen molar-refractivity contribution >= 4 is 51.2 Å². The first-order valence-corrected chi connectivity index (χ1v) is 14.4. The van der Waals surface area contributed by atoms with E-state index in [9.17, 15) is 4.79 Å². The minimum absolute atomic E-state index is 0.0399. The summed E-state index contributed by atoms with van der Waals surface area (Å²) in [7, 11) is 0. The lowest BCUT2D eigenvalue weighted by Gasteiger charge is -2.17. The minimum Gasteiger partial charge on any atom is -0.492 e. The second-order valence-electron chi connectivity index (χ2n) is 10.1. The Balaban J connectivity index is 1.26. The highest BCUT2D eigenvalue weighted by Crippen LogP contribution is 2.36. The van der Waals surface area contributed by atoms with E-state index in [2.05, 4.69) is 22.9 Å². The predicted molar refractivity (Wildman–Crippen MR) is 156 cm³/mol. The van der Waals surface area contributed by atoms with Crippen LogP contribution in [0.5, 0.6) is 11.5 Å². The van der Waals surface area contributed by atoms with Gasteiger partial charge in [0.25, 0.3) is 5.91 Å². The van der Waals surface area contributed by atoms with Crippen molar-refractivity contribution in [3.05, 3.63) is 65.2 Å². The van der Waals surface area contributed by atoms with Gasteiger partial charge in [0.15, 0.2) is 0 Å². The molecule has 5 nitrogen and oxygen atoms in total. The summed E-state index contributed by atoms with van der Waals surface area (Å²) in [6.07, 6.45) is 10.5. The predicted octanol–water partition coefficient (Wildman–Crippen LogP) is 7.29. The van der Waals surface area contributed by atoms with Gasteiger partial charge in [0.1, 0.15) is 22.4 Å². The number of nitrogens with zero attached hydrogens (tertiary/aromatic N) is 2. The Morgan fingerprint density at radius 1 is 1.05 bits per heavy atom. The van der Waals surface area contributed by atoms with Crippen LogP contribution in [0.2, 0.25) is 0 Å². The van der Waals surface area contributed by atoms with Gasteiger partial charge in [0.2, 0.25) is 0 Å². The molecule has 2 fully saturated rings. The third kappa shape index (κ3) is 6.21. The van der Waals surface area contributed by atoms with Crippen molar-refractivity contribution in [1.29, 1.82) is 0 Å². The maximum Gasteiger partial charge on any atom is 0.266 e. The van der Waals surface area contributed by atoms with Crippen molar-refractivity contribution in [3.8, 4) is 11.5 Å². The number of ether oxygens (including phenoxy) is 2. The highest BCUT2D eigenvalue weighted by molar-refractivity contribution is 8.26. The average Bonchev–Trinajstić information content (AvgIpc) is 3.59. The van der Waals surface area contributed by atoms with Gasteiger partial charge in [0, 0.05) is 29.2 Å². The number of thioether (sulfide) groups is 1. The highest BCUT2D eigenvalue weighted by atomic mass is 32.2. The Kier molecular flexibility index (Phi) is 8.20. The van der Waals surface area contributed by atoms with Gasteiger partial charge in [-0.1, -0.05) is 67.9 Å². The monoisotopic (exact) mass is 534 g/mol. The van der Waals surface area contributed by atoms with Crippen molar-refractivity contribution in [2.45, 2.75) is 58.6 Å². The molecule has 5 rings (SSSR count). The zero-order valence-electron chi connectivity index (χ0n) is 21.5. The summed E-state index contributed by atoms with van der Waals surface area (Å²) >= 11 is 7.00. The molecule has 1 aromatic heterocycles. The Labute approximate surface area is 228 Å². The van der Waals surface area contributed by atoms with Gasteiger partial charge in [-0.3, -0.25) is 9.69 Å². The van der Waals surface area contributed by atoms with Gasteiger partial charge in [-0.2, -0.15) is 0 Å². The van der Waals surface area contributed by atoms with E-state index >= 15 is 0 Å². The van der Waals surface area contributed by atoms with Crippen LogP contribution >= 0.6 is 24.0 Å². The molecule has 0 N–H and O–H groups in total. The number of carbonyl (C=O) groups is 1. The third-order valence-electron chi connectivity index (χ3n) is 7.01. The molecule has 1 amide bonds.